The van der Waals surface area contributed by atoms with E-state index in [0.29, 0.717) is 34.2 Å². The van der Waals surface area contributed by atoms with Gasteiger partial charge in [0.1, 0.15) is 0 Å². The number of rotatable bonds is 4. The predicted octanol–water partition coefficient (Wildman–Crippen LogP) is 4.01. The van der Waals surface area contributed by atoms with Crippen LogP contribution in [-0.2, 0) is 0 Å². The summed E-state index contributed by atoms with van der Waals surface area (Å²) < 4.78 is 0. The summed E-state index contributed by atoms with van der Waals surface area (Å²) in [5.41, 5.74) is 0.635. The molecule has 19 heavy (non-hydrogen) atoms. The van der Waals surface area contributed by atoms with Crippen LogP contribution in [0.5, 0.6) is 0 Å². The van der Waals surface area contributed by atoms with Crippen molar-refractivity contribution in [2.24, 2.45) is 0 Å². The van der Waals surface area contributed by atoms with Crippen molar-refractivity contribution in [2.45, 2.75) is 6.92 Å². The smallest absolute Gasteiger partial charge is 0.233 e. The maximum absolute atomic E-state index is 6.05. The molecule has 0 fully saturated rings. The molecule has 1 aromatic heterocycles. The van der Waals surface area contributed by atoms with Crippen molar-refractivity contribution in [3.63, 3.8) is 0 Å². The lowest BCUT2D eigenvalue weighted by Gasteiger charge is -2.08. The van der Waals surface area contributed by atoms with Crippen LogP contribution in [0.2, 0.25) is 15.3 Å². The topological polar surface area (TPSA) is 62.7 Å². The second kappa shape index (κ2) is 6.23. The van der Waals surface area contributed by atoms with Crippen LogP contribution in [0, 0.1) is 0 Å². The van der Waals surface area contributed by atoms with Crippen molar-refractivity contribution in [1.82, 2.24) is 15.0 Å². The number of aromatic nitrogens is 3. The van der Waals surface area contributed by atoms with Crippen molar-refractivity contribution >= 4 is 52.4 Å². The second-order valence-corrected chi connectivity index (χ2v) is 4.71. The molecule has 0 radical (unpaired) electrons. The maximum atomic E-state index is 6.05. The minimum atomic E-state index is 0.0959. The molecule has 0 aliphatic rings. The SMILES string of the molecule is CCNc1nc(Cl)nc(Nc2ccc(Cl)cc2Cl)n1. The molecule has 2 N–H and O–H groups in total. The summed E-state index contributed by atoms with van der Waals surface area (Å²) >= 11 is 17.7. The summed E-state index contributed by atoms with van der Waals surface area (Å²) in [6, 6.07) is 5.07. The minimum absolute atomic E-state index is 0.0959. The highest BCUT2D eigenvalue weighted by Gasteiger charge is 2.07. The van der Waals surface area contributed by atoms with Crippen molar-refractivity contribution in [1.29, 1.82) is 0 Å². The lowest BCUT2D eigenvalue weighted by molar-refractivity contribution is 1.02. The van der Waals surface area contributed by atoms with Gasteiger partial charge in [0.25, 0.3) is 0 Å². The van der Waals surface area contributed by atoms with Gasteiger partial charge in [-0.05, 0) is 36.7 Å². The molecule has 0 atom stereocenters. The summed E-state index contributed by atoms with van der Waals surface area (Å²) in [6.07, 6.45) is 0. The predicted molar refractivity (Wildman–Crippen MR) is 78.7 cm³/mol. The van der Waals surface area contributed by atoms with Gasteiger partial charge >= 0.3 is 0 Å². The molecule has 2 rings (SSSR count). The van der Waals surface area contributed by atoms with E-state index in [1.165, 1.54) is 0 Å². The van der Waals surface area contributed by atoms with E-state index in [0.717, 1.165) is 0 Å². The number of hydrogen-bond acceptors (Lipinski definition) is 5. The number of anilines is 3. The highest BCUT2D eigenvalue weighted by molar-refractivity contribution is 6.36. The summed E-state index contributed by atoms with van der Waals surface area (Å²) in [5.74, 6) is 0.704. The van der Waals surface area contributed by atoms with Gasteiger partial charge in [0.15, 0.2) is 0 Å². The van der Waals surface area contributed by atoms with E-state index >= 15 is 0 Å². The van der Waals surface area contributed by atoms with E-state index in [9.17, 15) is 0 Å². The van der Waals surface area contributed by atoms with E-state index in [-0.39, 0.29) is 5.28 Å². The van der Waals surface area contributed by atoms with Gasteiger partial charge in [0, 0.05) is 11.6 Å². The largest absolute Gasteiger partial charge is 0.354 e. The van der Waals surface area contributed by atoms with Crippen molar-refractivity contribution in [3.05, 3.63) is 33.5 Å². The Morgan fingerprint density at radius 2 is 1.79 bits per heavy atom. The third kappa shape index (κ3) is 3.83. The average molecular weight is 319 g/mol. The summed E-state index contributed by atoms with van der Waals surface area (Å²) in [7, 11) is 0. The lowest BCUT2D eigenvalue weighted by Crippen LogP contribution is -2.06. The zero-order valence-electron chi connectivity index (χ0n) is 9.91. The van der Waals surface area contributed by atoms with E-state index in [2.05, 4.69) is 25.6 Å². The first-order valence-electron chi connectivity index (χ1n) is 5.46. The number of halogens is 3. The number of hydrogen-bond donors (Lipinski definition) is 2. The summed E-state index contributed by atoms with van der Waals surface area (Å²) in [6.45, 7) is 2.61. The molecule has 1 heterocycles. The first-order valence-corrected chi connectivity index (χ1v) is 6.59. The first kappa shape index (κ1) is 14.1. The van der Waals surface area contributed by atoms with Crippen LogP contribution < -0.4 is 10.6 Å². The molecule has 0 amide bonds. The van der Waals surface area contributed by atoms with Gasteiger partial charge in [-0.3, -0.25) is 0 Å². The quantitative estimate of drug-likeness (QED) is 0.892. The van der Waals surface area contributed by atoms with Gasteiger partial charge in [0.05, 0.1) is 10.7 Å². The molecule has 0 aliphatic heterocycles. The van der Waals surface area contributed by atoms with Crippen LogP contribution >= 0.6 is 34.8 Å². The third-order valence-corrected chi connectivity index (χ3v) is 2.84. The minimum Gasteiger partial charge on any atom is -0.354 e. The fourth-order valence-electron chi connectivity index (χ4n) is 1.35. The Hall–Kier alpha value is -1.30. The fourth-order valence-corrected chi connectivity index (χ4v) is 1.97. The zero-order valence-corrected chi connectivity index (χ0v) is 12.2. The molecule has 0 saturated heterocycles. The molecule has 0 bridgehead atoms. The Morgan fingerprint density at radius 1 is 1.05 bits per heavy atom. The standard InChI is InChI=1S/C11H10Cl3N5/c1-2-15-10-17-9(14)18-11(19-10)16-8-4-3-6(12)5-7(8)13/h3-5H,2H2,1H3,(H2,15,16,17,18,19). The summed E-state index contributed by atoms with van der Waals surface area (Å²) in [4.78, 5) is 12.1. The first-order chi connectivity index (χ1) is 9.08. The van der Waals surface area contributed by atoms with Gasteiger partial charge in [0.2, 0.25) is 17.2 Å². The lowest BCUT2D eigenvalue weighted by atomic mass is 10.3. The third-order valence-electron chi connectivity index (χ3n) is 2.12. The Bertz CT molecular complexity index is 591. The highest BCUT2D eigenvalue weighted by Crippen LogP contribution is 2.27. The average Bonchev–Trinajstić information content (AvgIpc) is 2.32. The van der Waals surface area contributed by atoms with Crippen LogP contribution in [0.25, 0.3) is 0 Å². The summed E-state index contributed by atoms with van der Waals surface area (Å²) in [5, 5.41) is 7.04. The molecule has 8 heteroatoms. The molecule has 1 aromatic carbocycles. The number of nitrogens with zero attached hydrogens (tertiary/aromatic N) is 3. The Labute approximate surface area is 125 Å². The second-order valence-electron chi connectivity index (χ2n) is 3.53. The van der Waals surface area contributed by atoms with Crippen LogP contribution in [-0.4, -0.2) is 21.5 Å². The molecular weight excluding hydrogens is 309 g/mol. The van der Waals surface area contributed by atoms with E-state index < -0.39 is 0 Å². The van der Waals surface area contributed by atoms with Crippen molar-refractivity contribution in [3.8, 4) is 0 Å². The molecule has 0 unspecified atom stereocenters. The van der Waals surface area contributed by atoms with Gasteiger partial charge in [-0.25, -0.2) is 0 Å². The van der Waals surface area contributed by atoms with Gasteiger partial charge < -0.3 is 10.6 Å². The normalized spacial score (nSPS) is 10.3. The monoisotopic (exact) mass is 317 g/mol. The molecule has 100 valence electrons. The number of benzene rings is 1. The molecule has 5 nitrogen and oxygen atoms in total. The van der Waals surface area contributed by atoms with Crippen LogP contribution in [0.1, 0.15) is 6.92 Å². The Morgan fingerprint density at radius 3 is 2.47 bits per heavy atom. The Balaban J connectivity index is 2.27. The van der Waals surface area contributed by atoms with E-state index in [4.69, 9.17) is 34.8 Å². The van der Waals surface area contributed by atoms with Crippen LogP contribution in [0.15, 0.2) is 18.2 Å². The van der Waals surface area contributed by atoms with Gasteiger partial charge in [-0.1, -0.05) is 23.2 Å². The fraction of sp³-hybridized carbons (Fsp3) is 0.182. The number of nitrogens with one attached hydrogen (secondary N) is 2. The van der Waals surface area contributed by atoms with Gasteiger partial charge in [-0.15, -0.1) is 0 Å². The molecule has 0 saturated carbocycles. The van der Waals surface area contributed by atoms with Crippen LogP contribution in [0.3, 0.4) is 0 Å². The molecule has 0 spiro atoms. The van der Waals surface area contributed by atoms with Gasteiger partial charge in [-0.2, -0.15) is 15.0 Å². The Kier molecular flexibility index (Phi) is 4.63. The van der Waals surface area contributed by atoms with E-state index in [1.807, 2.05) is 6.92 Å². The van der Waals surface area contributed by atoms with Crippen molar-refractivity contribution in [2.75, 3.05) is 17.2 Å². The van der Waals surface area contributed by atoms with Crippen LogP contribution in [0.4, 0.5) is 17.6 Å². The zero-order chi connectivity index (χ0) is 13.8. The highest BCUT2D eigenvalue weighted by atomic mass is 35.5. The maximum Gasteiger partial charge on any atom is 0.233 e. The van der Waals surface area contributed by atoms with E-state index in [1.54, 1.807) is 18.2 Å². The molecule has 2 aromatic rings. The molecule has 0 aliphatic carbocycles. The molecular formula is C11H10Cl3N5. The van der Waals surface area contributed by atoms with Crippen molar-refractivity contribution < 1.29 is 0 Å².